The Morgan fingerprint density at radius 3 is 2.23 bits per heavy atom. The number of anilines is 2. The summed E-state index contributed by atoms with van der Waals surface area (Å²) >= 11 is 0. The Morgan fingerprint density at radius 2 is 1.68 bits per heavy atom. The van der Waals surface area contributed by atoms with Crippen molar-refractivity contribution in [1.29, 1.82) is 0 Å². The summed E-state index contributed by atoms with van der Waals surface area (Å²) in [5.41, 5.74) is 0.0656. The molecule has 0 N–H and O–H groups in total. The molecule has 0 saturated heterocycles. The highest BCUT2D eigenvalue weighted by Gasteiger charge is 2.31. The monoisotopic (exact) mass is 311 g/mol. The van der Waals surface area contributed by atoms with Crippen LogP contribution in [0.4, 0.5) is 24.9 Å². The minimum atomic E-state index is -4.38. The number of hydrogen-bond donors (Lipinski definition) is 0. The number of hydrogen-bond acceptors (Lipinski definition) is 5. The molecule has 118 valence electrons. The molecule has 2 aromatic heterocycles. The zero-order chi connectivity index (χ0) is 16.3. The average molecular weight is 311 g/mol. The number of alkyl halides is 3. The number of pyridine rings is 1. The summed E-state index contributed by atoms with van der Waals surface area (Å²) < 4.78 is 38.1. The lowest BCUT2D eigenvalue weighted by molar-refractivity contribution is -0.137. The quantitative estimate of drug-likeness (QED) is 0.868. The molecule has 0 aliphatic rings. The van der Waals surface area contributed by atoms with E-state index in [9.17, 15) is 13.2 Å². The second kappa shape index (κ2) is 6.17. The molecular formula is C14H16F3N5. The van der Waals surface area contributed by atoms with E-state index in [4.69, 9.17) is 0 Å². The van der Waals surface area contributed by atoms with Crippen LogP contribution in [-0.4, -0.2) is 36.1 Å². The van der Waals surface area contributed by atoms with E-state index in [1.54, 1.807) is 29.2 Å². The Kier molecular flexibility index (Phi) is 4.48. The molecule has 0 aliphatic carbocycles. The minimum absolute atomic E-state index is 0.242. The first kappa shape index (κ1) is 16.0. The fraction of sp³-hybridized carbons (Fsp3) is 0.357. The van der Waals surface area contributed by atoms with Crippen molar-refractivity contribution in [1.82, 2.24) is 15.0 Å². The summed E-state index contributed by atoms with van der Waals surface area (Å²) in [5, 5.41) is 0. The molecule has 0 fully saturated rings. The molecule has 0 unspecified atom stereocenters. The van der Waals surface area contributed by atoms with E-state index in [2.05, 4.69) is 15.0 Å². The molecule has 0 atom stereocenters. The van der Waals surface area contributed by atoms with Crippen LogP contribution in [0.5, 0.6) is 0 Å². The zero-order valence-electron chi connectivity index (χ0n) is 12.5. The van der Waals surface area contributed by atoms with Gasteiger partial charge in [-0.2, -0.15) is 13.2 Å². The molecule has 0 bridgehead atoms. The van der Waals surface area contributed by atoms with E-state index in [0.717, 1.165) is 23.9 Å². The highest BCUT2D eigenvalue weighted by molar-refractivity contribution is 5.41. The molecule has 0 radical (unpaired) electrons. The molecule has 2 rings (SSSR count). The topological polar surface area (TPSA) is 45.2 Å². The number of nitrogens with zero attached hydrogens (tertiary/aromatic N) is 5. The molecule has 22 heavy (non-hydrogen) atoms. The van der Waals surface area contributed by atoms with Gasteiger partial charge >= 0.3 is 6.18 Å². The van der Waals surface area contributed by atoms with E-state index in [1.807, 2.05) is 14.1 Å². The van der Waals surface area contributed by atoms with Crippen LogP contribution in [0, 0.1) is 0 Å². The van der Waals surface area contributed by atoms with Gasteiger partial charge in [-0.1, -0.05) is 0 Å². The second-order valence-electron chi connectivity index (χ2n) is 5.04. The van der Waals surface area contributed by atoms with Gasteiger partial charge in [0.15, 0.2) is 0 Å². The van der Waals surface area contributed by atoms with Crippen molar-refractivity contribution in [3.8, 4) is 0 Å². The first-order valence-electron chi connectivity index (χ1n) is 6.50. The van der Waals surface area contributed by atoms with E-state index >= 15 is 0 Å². The van der Waals surface area contributed by atoms with Crippen molar-refractivity contribution < 1.29 is 13.2 Å². The fourth-order valence-corrected chi connectivity index (χ4v) is 1.82. The van der Waals surface area contributed by atoms with Gasteiger partial charge in [-0.15, -0.1) is 0 Å². The van der Waals surface area contributed by atoms with Crippen molar-refractivity contribution in [2.75, 3.05) is 30.9 Å². The van der Waals surface area contributed by atoms with E-state index < -0.39 is 11.7 Å². The molecule has 0 saturated carbocycles. The van der Waals surface area contributed by atoms with Crippen LogP contribution in [0.2, 0.25) is 0 Å². The van der Waals surface area contributed by atoms with Gasteiger partial charge in [-0.3, -0.25) is 0 Å². The fourth-order valence-electron chi connectivity index (χ4n) is 1.82. The van der Waals surface area contributed by atoms with E-state index in [0.29, 0.717) is 12.5 Å². The van der Waals surface area contributed by atoms with Crippen LogP contribution < -0.4 is 9.80 Å². The van der Waals surface area contributed by atoms with E-state index in [1.165, 1.54) is 0 Å². The van der Waals surface area contributed by atoms with Gasteiger partial charge in [0.2, 0.25) is 5.95 Å². The van der Waals surface area contributed by atoms with Crippen LogP contribution in [0.25, 0.3) is 0 Å². The molecule has 2 aromatic rings. The molecule has 0 aliphatic heterocycles. The van der Waals surface area contributed by atoms with Gasteiger partial charge in [-0.25, -0.2) is 15.0 Å². The maximum absolute atomic E-state index is 12.7. The summed E-state index contributed by atoms with van der Waals surface area (Å²) in [5.74, 6) is 0.815. The predicted molar refractivity (Wildman–Crippen MR) is 77.7 cm³/mol. The molecule has 0 spiro atoms. The van der Waals surface area contributed by atoms with Gasteiger partial charge in [0.05, 0.1) is 5.56 Å². The highest BCUT2D eigenvalue weighted by atomic mass is 19.4. The summed E-state index contributed by atoms with van der Waals surface area (Å²) in [6, 6.07) is 1.97. The zero-order valence-corrected chi connectivity index (χ0v) is 12.5. The van der Waals surface area contributed by atoms with Crippen LogP contribution in [0.1, 0.15) is 11.1 Å². The normalized spacial score (nSPS) is 11.4. The maximum Gasteiger partial charge on any atom is 0.416 e. The second-order valence-corrected chi connectivity index (χ2v) is 5.04. The van der Waals surface area contributed by atoms with Crippen LogP contribution in [-0.2, 0) is 12.7 Å². The van der Waals surface area contributed by atoms with Gasteiger partial charge < -0.3 is 9.80 Å². The molecule has 0 amide bonds. The summed E-state index contributed by atoms with van der Waals surface area (Å²) in [6.07, 6.45) is 0.0637. The van der Waals surface area contributed by atoms with E-state index in [-0.39, 0.29) is 5.82 Å². The van der Waals surface area contributed by atoms with Gasteiger partial charge in [0, 0.05) is 51.8 Å². The Morgan fingerprint density at radius 1 is 1.05 bits per heavy atom. The van der Waals surface area contributed by atoms with Crippen molar-refractivity contribution in [2.45, 2.75) is 12.7 Å². The Hall–Kier alpha value is -2.38. The Labute approximate surface area is 126 Å². The Bertz CT molecular complexity index is 625. The summed E-state index contributed by atoms with van der Waals surface area (Å²) in [7, 11) is 5.32. The summed E-state index contributed by atoms with van der Waals surface area (Å²) in [6.45, 7) is 0.363. The Balaban J connectivity index is 2.13. The first-order chi connectivity index (χ1) is 10.3. The third-order valence-corrected chi connectivity index (χ3v) is 2.98. The lowest BCUT2D eigenvalue weighted by Gasteiger charge is -2.19. The van der Waals surface area contributed by atoms with Gasteiger partial charge in [-0.05, 0) is 12.1 Å². The predicted octanol–water partition coefficient (Wildman–Crippen LogP) is 2.59. The van der Waals surface area contributed by atoms with Crippen molar-refractivity contribution in [3.63, 3.8) is 0 Å². The molecule has 0 aromatic carbocycles. The third kappa shape index (κ3) is 3.84. The highest BCUT2D eigenvalue weighted by Crippen LogP contribution is 2.30. The first-order valence-corrected chi connectivity index (χ1v) is 6.50. The van der Waals surface area contributed by atoms with Crippen molar-refractivity contribution in [2.24, 2.45) is 0 Å². The van der Waals surface area contributed by atoms with Crippen molar-refractivity contribution >= 4 is 11.8 Å². The van der Waals surface area contributed by atoms with Crippen LogP contribution in [0.3, 0.4) is 0 Å². The molecule has 5 nitrogen and oxygen atoms in total. The SMILES string of the molecule is CN(C)c1ncc(CN(C)c2cc(C(F)(F)F)ccn2)cn1. The molecular weight excluding hydrogens is 295 g/mol. The smallest absolute Gasteiger partial charge is 0.355 e. The minimum Gasteiger partial charge on any atom is -0.355 e. The third-order valence-electron chi connectivity index (χ3n) is 2.98. The molecule has 8 heteroatoms. The van der Waals surface area contributed by atoms with Crippen molar-refractivity contribution in [3.05, 3.63) is 41.9 Å². The van der Waals surface area contributed by atoms with Gasteiger partial charge in [0.1, 0.15) is 5.82 Å². The standard InChI is InChI=1S/C14H16F3N5/c1-21(2)13-19-7-10(8-20-13)9-22(3)12-6-11(4-5-18-12)14(15,16)17/h4-8H,9H2,1-3H3. The lowest BCUT2D eigenvalue weighted by Crippen LogP contribution is -2.19. The average Bonchev–Trinajstić information content (AvgIpc) is 2.47. The van der Waals surface area contributed by atoms with Crippen LogP contribution >= 0.6 is 0 Å². The number of halogens is 3. The summed E-state index contributed by atoms with van der Waals surface area (Å²) in [4.78, 5) is 15.7. The molecule has 2 heterocycles. The largest absolute Gasteiger partial charge is 0.416 e. The lowest BCUT2D eigenvalue weighted by atomic mass is 10.2. The van der Waals surface area contributed by atoms with Gasteiger partial charge in [0.25, 0.3) is 0 Å². The maximum atomic E-state index is 12.7. The number of aromatic nitrogens is 3. The van der Waals surface area contributed by atoms with Crippen LogP contribution in [0.15, 0.2) is 30.7 Å². The number of rotatable bonds is 4.